The fraction of sp³-hybridized carbons (Fsp3) is 1.00. The Hall–Kier alpha value is -0.190. The van der Waals surface area contributed by atoms with Crippen molar-refractivity contribution in [2.24, 2.45) is 0 Å². The summed E-state index contributed by atoms with van der Waals surface area (Å²) in [6, 6.07) is 0.694. The number of hydrogen-bond acceptors (Lipinski definition) is 28. The van der Waals surface area contributed by atoms with Crippen molar-refractivity contribution >= 4 is 35.7 Å². The zero-order valence-corrected chi connectivity index (χ0v) is 106. The first kappa shape index (κ1) is 181. The van der Waals surface area contributed by atoms with Crippen molar-refractivity contribution in [3.63, 3.8) is 0 Å². The van der Waals surface area contributed by atoms with Crippen molar-refractivity contribution in [2.45, 2.75) is 412 Å². The Kier molecular flexibility index (Phi) is 193. The van der Waals surface area contributed by atoms with Gasteiger partial charge in [0.15, 0.2) is 0 Å². The lowest BCUT2D eigenvalue weighted by Gasteiger charge is -2.36. The molecule has 5 aliphatic rings. The maximum Gasteiger partial charge on any atom is 0.0703 e. The summed E-state index contributed by atoms with van der Waals surface area (Å²) in [5.41, 5.74) is 0. The van der Waals surface area contributed by atoms with E-state index in [9.17, 15) is 0 Å². The van der Waals surface area contributed by atoms with E-state index in [0.717, 1.165) is 261 Å². The normalized spacial score (nSPS) is 14.1. The molecule has 892 valence electrons. The Morgan fingerprint density at radius 2 is 0.538 bits per heavy atom. The second kappa shape index (κ2) is 152. The van der Waals surface area contributed by atoms with Gasteiger partial charge in [-0.15, -0.1) is 0 Å². The van der Waals surface area contributed by atoms with Gasteiger partial charge in [-0.1, -0.05) is 183 Å². The van der Waals surface area contributed by atoms with E-state index in [-0.39, 0.29) is 32.9 Å². The molecule has 143 heavy (non-hydrogen) atoms. The summed E-state index contributed by atoms with van der Waals surface area (Å²) in [6.07, 6.45) is 13.7. The van der Waals surface area contributed by atoms with E-state index >= 15 is 0 Å². The van der Waals surface area contributed by atoms with E-state index in [4.69, 9.17) is 61.6 Å². The lowest BCUT2D eigenvalue weighted by atomic mass is 10.2. The van der Waals surface area contributed by atoms with Crippen LogP contribution in [0.3, 0.4) is 0 Å². The minimum Gasteiger partial charge on any atom is -0.412 e. The number of piperazine rings is 3. The van der Waals surface area contributed by atoms with Gasteiger partial charge in [-0.2, -0.15) is 11.8 Å². The van der Waals surface area contributed by atoms with Crippen LogP contribution in [0.15, 0.2) is 0 Å². The Morgan fingerprint density at radius 1 is 0.273 bits per heavy atom. The Labute approximate surface area is 904 Å². The molecule has 0 aromatic heterocycles. The third kappa shape index (κ3) is 178. The molecule has 0 bridgehead atoms. The number of ether oxygens (including phenoxy) is 13. The molecule has 5 heterocycles. The lowest BCUT2D eigenvalue weighted by Crippen LogP contribution is -2.49. The number of hydrogen-bond donors (Lipinski definition) is 4. The van der Waals surface area contributed by atoms with Gasteiger partial charge >= 0.3 is 0 Å². The van der Waals surface area contributed by atoms with Crippen molar-refractivity contribution < 1.29 is 94.4 Å². The number of rotatable bonds is 57. The predicted octanol–water partition coefficient (Wildman–Crippen LogP) is 16.9. The smallest absolute Gasteiger partial charge is 0.0703 e. The SMILES string of the molecule is CC.CC.CC.CC.CC(C)OCCCN1CCNCC1.CC(C)OCCCN1CCOCC1.CC(C)OCCN1CCN(C(C)C)CC1.CC(C)OCCN1CCNCC1.CC(C)OCCN1CCOCC1.CCCCNSC(C)C.CCCNSC(C)C.CCCOC(C)C.CCCOCCOC(C)C.CCN(CC)CCOC(C)C.CCN(CC)CCOCCOC(C)C.CSC(C)C.O.O.O.O.O.O. The van der Waals surface area contributed by atoms with E-state index in [2.05, 4.69) is 273 Å². The first-order valence-electron chi connectivity index (χ1n) is 55.9. The summed E-state index contributed by atoms with van der Waals surface area (Å²) in [6.45, 7) is 135. The fourth-order valence-corrected chi connectivity index (χ4v) is 12.6. The van der Waals surface area contributed by atoms with Gasteiger partial charge in [-0.3, -0.25) is 33.9 Å². The molecule has 31 nitrogen and oxygen atoms in total. The van der Waals surface area contributed by atoms with Crippen molar-refractivity contribution in [1.82, 2.24) is 59.3 Å². The zero-order chi connectivity index (χ0) is 107. The van der Waals surface area contributed by atoms with E-state index in [1.807, 2.05) is 107 Å². The summed E-state index contributed by atoms with van der Waals surface area (Å²) >= 11 is 5.51. The van der Waals surface area contributed by atoms with Gasteiger partial charge < -0.3 is 120 Å². The highest BCUT2D eigenvalue weighted by atomic mass is 32.2. The second-order valence-electron chi connectivity index (χ2n) is 36.1. The molecule has 5 rings (SSSR count). The summed E-state index contributed by atoms with van der Waals surface area (Å²) in [5.74, 6) is 0. The summed E-state index contributed by atoms with van der Waals surface area (Å²) in [4.78, 5) is 19.5. The van der Waals surface area contributed by atoms with Crippen LogP contribution in [0.1, 0.15) is 336 Å². The van der Waals surface area contributed by atoms with Crippen LogP contribution in [0.5, 0.6) is 0 Å². The molecule has 0 spiro atoms. The molecule has 0 saturated carbocycles. The molecule has 5 saturated heterocycles. The quantitative estimate of drug-likeness (QED) is 0.0324. The van der Waals surface area contributed by atoms with Crippen LogP contribution in [-0.2, 0) is 61.6 Å². The highest BCUT2D eigenvalue weighted by molar-refractivity contribution is 7.99. The Bertz CT molecular complexity index is 1960. The molecule has 5 aliphatic heterocycles. The summed E-state index contributed by atoms with van der Waals surface area (Å²) < 4.78 is 76.5. The molecule has 0 radical (unpaired) electrons. The number of likely N-dealkylation sites (N-methyl/N-ethyl adjacent to an activating group) is 2. The molecule has 0 aromatic rings. The molecule has 16 N–H and O–H groups in total. The van der Waals surface area contributed by atoms with Crippen LogP contribution >= 0.6 is 35.7 Å². The standard InChI is InChI=1S/C12H26N2O.C11H25NO2.C10H22N2O.C10H21NO2.C9H20N2O.C9H19NO2.C9H21NO.C8H18O2.C7H17NS.C6H15NS.C6H14O.C4H10S.4C2H6.6H2O/c1-11(2)14-7-5-13(6-8-14)9-10-15-12(3)4;1-5-12(6-2)7-8-13-9-10-14-11(3)4;1-10(2)13-9-3-6-12-7-4-11-5-8-12;1-10(2)13-7-3-4-11-5-8-12-9-6-11;1-9(2)12-8-7-11-5-3-10-4-6-11;1-9(2)12-8-5-10-3-6-11-7-4-10;1-5-10(6-2)7-8-11-9(3)4;1-4-5-9-6-7-10-8(2)3;1-4-5-6-8-9-7(2)3;1-4-5-7-8-6(2)3;1-4-5-7-6(2)3;1-4(2)5-3;4*1-2;;;;;;/h11-12H,5-10H2,1-4H3;11H,5-10H2,1-4H3;10-11H,3-9H2,1-2H3;10H,3-9H2,1-2H3;9-10H,3-8H2,1-2H3;9H,3-8H2,1-2H3;9H,5-8H2,1-4H3;8H,4-7H2,1-3H3;7-8H,4-6H2,1-3H3;6-7H,4-5H2,1-3H3;6H,4-5H2,1-3H3;4H,1-3H3;4*1-2H3;6*1H2. The van der Waals surface area contributed by atoms with E-state index in [1.165, 1.54) is 78.2 Å². The number of nitrogens with zero attached hydrogens (tertiary/aromatic N) is 8. The van der Waals surface area contributed by atoms with Crippen LogP contribution in [-0.4, -0.2) is 457 Å². The van der Waals surface area contributed by atoms with Crippen LogP contribution < -0.4 is 20.1 Å². The third-order valence-electron chi connectivity index (χ3n) is 19.1. The molecular formula is C109H264N12O19S3. The van der Waals surface area contributed by atoms with Crippen molar-refractivity contribution in [3.8, 4) is 0 Å². The largest absolute Gasteiger partial charge is 0.412 e. The molecule has 0 aliphatic carbocycles. The number of unbranched alkanes of at least 4 members (excludes halogenated alkanes) is 1. The fourth-order valence-electron chi connectivity index (χ4n) is 11.4. The minimum absolute atomic E-state index is 0. The van der Waals surface area contributed by atoms with Crippen molar-refractivity contribution in [3.05, 3.63) is 0 Å². The van der Waals surface area contributed by atoms with Crippen LogP contribution in [0.2, 0.25) is 0 Å². The highest BCUT2D eigenvalue weighted by Gasteiger charge is 2.19. The first-order chi connectivity index (χ1) is 65.5. The maximum atomic E-state index is 5.56. The van der Waals surface area contributed by atoms with Crippen LogP contribution in [0.25, 0.3) is 0 Å². The first-order valence-corrected chi connectivity index (χ1v) is 58.9. The predicted molar refractivity (Wildman–Crippen MR) is 635 cm³/mol. The average Bonchev–Trinajstić information content (AvgIpc) is 0.895. The summed E-state index contributed by atoms with van der Waals surface area (Å²) in [5, 5.41) is 8.90. The van der Waals surface area contributed by atoms with E-state index in [1.54, 1.807) is 11.9 Å². The topological polar surface area (TPSA) is 383 Å². The Morgan fingerprint density at radius 3 is 0.818 bits per heavy atom. The van der Waals surface area contributed by atoms with Gasteiger partial charge in [0.2, 0.25) is 0 Å². The molecule has 0 atom stereocenters. The van der Waals surface area contributed by atoms with E-state index < -0.39 is 0 Å². The lowest BCUT2D eigenvalue weighted by molar-refractivity contribution is 0.00964. The van der Waals surface area contributed by atoms with Gasteiger partial charge in [0, 0.05) is 207 Å². The monoisotopic (exact) mass is 2140 g/mol. The van der Waals surface area contributed by atoms with Gasteiger partial charge in [-0.25, -0.2) is 0 Å². The second-order valence-corrected chi connectivity index (χ2v) is 40.4. The summed E-state index contributed by atoms with van der Waals surface area (Å²) in [7, 11) is 0. The van der Waals surface area contributed by atoms with Crippen LogP contribution in [0.4, 0.5) is 0 Å². The van der Waals surface area contributed by atoms with Crippen molar-refractivity contribution in [1.29, 1.82) is 0 Å². The highest BCUT2D eigenvalue weighted by Crippen LogP contribution is 2.09. The molecule has 0 amide bonds. The molecule has 0 aromatic carbocycles. The van der Waals surface area contributed by atoms with Gasteiger partial charge in [-0.05, 0) is 215 Å². The molecular weight excluding hydrogens is 1880 g/mol. The van der Waals surface area contributed by atoms with Gasteiger partial charge in [0.25, 0.3) is 0 Å². The van der Waals surface area contributed by atoms with E-state index in [0.29, 0.717) is 84.7 Å². The third-order valence-corrected chi connectivity index (χ3v) is 21.8. The van der Waals surface area contributed by atoms with Crippen LogP contribution in [0, 0.1) is 0 Å². The minimum atomic E-state index is 0. The number of morpholine rings is 2. The van der Waals surface area contributed by atoms with Gasteiger partial charge in [0.05, 0.1) is 141 Å². The number of nitrogens with one attached hydrogen (secondary N) is 4. The maximum absolute atomic E-state index is 5.56. The average molecular weight is 2140 g/mol. The molecule has 34 heteroatoms. The van der Waals surface area contributed by atoms with Crippen molar-refractivity contribution in [2.75, 3.05) is 308 Å². The number of thioether (sulfide) groups is 1. The Balaban J connectivity index is -0.0000000804. The molecule has 5 fully saturated rings. The molecule has 0 unspecified atom stereocenters. The zero-order valence-electron chi connectivity index (χ0n) is 103. The van der Waals surface area contributed by atoms with Gasteiger partial charge in [0.1, 0.15) is 0 Å².